The number of rotatable bonds is 3. The Balaban J connectivity index is 1.98. The molecule has 9 heavy (non-hydrogen) atoms. The van der Waals surface area contributed by atoms with E-state index in [0.29, 0.717) is 0 Å². The second kappa shape index (κ2) is 4.28. The van der Waals surface area contributed by atoms with E-state index in [9.17, 15) is 0 Å². The van der Waals surface area contributed by atoms with Gasteiger partial charge < -0.3 is 0 Å². The van der Waals surface area contributed by atoms with Crippen molar-refractivity contribution < 1.29 is 0 Å². The summed E-state index contributed by atoms with van der Waals surface area (Å²) >= 11 is 0. The van der Waals surface area contributed by atoms with Crippen molar-refractivity contribution in [2.75, 3.05) is 6.16 Å². The lowest BCUT2D eigenvalue weighted by molar-refractivity contribution is 0.659. The summed E-state index contributed by atoms with van der Waals surface area (Å²) in [5, 5.41) is 0. The SMILES string of the molecule is CCCCC1CCCP1. The van der Waals surface area contributed by atoms with Crippen LogP contribution in [0.1, 0.15) is 39.0 Å². The van der Waals surface area contributed by atoms with Crippen molar-refractivity contribution >= 4 is 8.58 Å². The molecule has 1 heterocycles. The summed E-state index contributed by atoms with van der Waals surface area (Å²) in [5.41, 5.74) is 1.14. The Hall–Kier alpha value is 0.430. The second-order valence-electron chi connectivity index (χ2n) is 2.94. The Kier molecular flexibility index (Phi) is 3.58. The Morgan fingerprint density at radius 1 is 1.56 bits per heavy atom. The molecule has 1 rings (SSSR count). The van der Waals surface area contributed by atoms with Crippen LogP contribution in [-0.2, 0) is 0 Å². The van der Waals surface area contributed by atoms with E-state index >= 15 is 0 Å². The minimum Gasteiger partial charge on any atom is -0.119 e. The van der Waals surface area contributed by atoms with Gasteiger partial charge in [-0.1, -0.05) is 19.8 Å². The van der Waals surface area contributed by atoms with Crippen LogP contribution < -0.4 is 0 Å². The van der Waals surface area contributed by atoms with Crippen LogP contribution in [0.25, 0.3) is 0 Å². The van der Waals surface area contributed by atoms with E-state index in [1.807, 2.05) is 0 Å². The van der Waals surface area contributed by atoms with E-state index in [-0.39, 0.29) is 0 Å². The molecular formula is C8H17P. The first-order valence-electron chi connectivity index (χ1n) is 4.17. The molecule has 0 radical (unpaired) electrons. The van der Waals surface area contributed by atoms with Crippen molar-refractivity contribution in [1.82, 2.24) is 0 Å². The molecule has 2 unspecified atom stereocenters. The van der Waals surface area contributed by atoms with Gasteiger partial charge in [0.05, 0.1) is 0 Å². The van der Waals surface area contributed by atoms with Crippen molar-refractivity contribution in [2.24, 2.45) is 0 Å². The Morgan fingerprint density at radius 2 is 2.44 bits per heavy atom. The lowest BCUT2D eigenvalue weighted by Gasteiger charge is -2.05. The minimum atomic E-state index is 1.14. The molecule has 0 bridgehead atoms. The van der Waals surface area contributed by atoms with Crippen molar-refractivity contribution in [3.63, 3.8) is 0 Å². The first-order valence-corrected chi connectivity index (χ1v) is 5.45. The molecule has 0 aromatic heterocycles. The van der Waals surface area contributed by atoms with Gasteiger partial charge in [-0.05, 0) is 31.1 Å². The highest BCUT2D eigenvalue weighted by atomic mass is 31.1. The van der Waals surface area contributed by atoms with Crippen LogP contribution in [0.15, 0.2) is 0 Å². The summed E-state index contributed by atoms with van der Waals surface area (Å²) < 4.78 is 0. The van der Waals surface area contributed by atoms with Gasteiger partial charge in [0.25, 0.3) is 0 Å². The molecule has 0 aromatic carbocycles. The van der Waals surface area contributed by atoms with Crippen molar-refractivity contribution in [3.8, 4) is 0 Å². The zero-order chi connectivity index (χ0) is 6.53. The molecule has 2 atom stereocenters. The maximum absolute atomic E-state index is 2.29. The maximum atomic E-state index is 2.29. The molecule has 1 aliphatic rings. The van der Waals surface area contributed by atoms with Gasteiger partial charge in [-0.3, -0.25) is 0 Å². The number of hydrogen-bond donors (Lipinski definition) is 0. The van der Waals surface area contributed by atoms with E-state index in [1.54, 1.807) is 6.42 Å². The molecule has 0 saturated carbocycles. The lowest BCUT2D eigenvalue weighted by atomic mass is 10.1. The Labute approximate surface area is 60.2 Å². The van der Waals surface area contributed by atoms with E-state index in [2.05, 4.69) is 6.92 Å². The summed E-state index contributed by atoms with van der Waals surface area (Å²) in [6.07, 6.45) is 8.98. The van der Waals surface area contributed by atoms with Gasteiger partial charge in [0, 0.05) is 0 Å². The quantitative estimate of drug-likeness (QED) is 0.534. The first kappa shape index (κ1) is 7.54. The zero-order valence-corrected chi connectivity index (χ0v) is 7.32. The van der Waals surface area contributed by atoms with Crippen LogP contribution in [0.3, 0.4) is 0 Å². The molecule has 0 N–H and O–H groups in total. The highest BCUT2D eigenvalue weighted by Gasteiger charge is 2.12. The third-order valence-corrected chi connectivity index (χ3v) is 3.87. The number of hydrogen-bond acceptors (Lipinski definition) is 0. The molecule has 1 aliphatic heterocycles. The zero-order valence-electron chi connectivity index (χ0n) is 6.32. The van der Waals surface area contributed by atoms with Gasteiger partial charge in [0.15, 0.2) is 0 Å². The fraction of sp³-hybridized carbons (Fsp3) is 1.00. The van der Waals surface area contributed by atoms with Gasteiger partial charge in [-0.2, -0.15) is 0 Å². The van der Waals surface area contributed by atoms with Gasteiger partial charge in [-0.15, -0.1) is 8.58 Å². The molecule has 1 saturated heterocycles. The maximum Gasteiger partial charge on any atom is -0.0237 e. The standard InChI is InChI=1S/C8H17P/c1-2-3-5-8-6-4-7-9-8/h8-9H,2-7H2,1H3. The predicted octanol–water partition coefficient (Wildman–Crippen LogP) is 3.02. The number of unbranched alkanes of at least 4 members (excludes halogenated alkanes) is 1. The second-order valence-corrected chi connectivity index (χ2v) is 4.66. The average Bonchev–Trinajstić information content (AvgIpc) is 2.34. The third kappa shape index (κ3) is 2.67. The molecule has 0 spiro atoms. The van der Waals surface area contributed by atoms with E-state index < -0.39 is 0 Å². The van der Waals surface area contributed by atoms with Gasteiger partial charge in [0.2, 0.25) is 0 Å². The summed E-state index contributed by atoms with van der Waals surface area (Å²) in [6.45, 7) is 2.29. The Bertz CT molecular complexity index is 65.0. The smallest absolute Gasteiger partial charge is 0.0237 e. The van der Waals surface area contributed by atoms with Gasteiger partial charge in [-0.25, -0.2) is 0 Å². The Morgan fingerprint density at radius 3 is 3.00 bits per heavy atom. The molecule has 0 amide bonds. The summed E-state index contributed by atoms with van der Waals surface area (Å²) in [4.78, 5) is 0. The van der Waals surface area contributed by atoms with E-state index in [1.165, 1.54) is 40.4 Å². The van der Waals surface area contributed by atoms with Crippen molar-refractivity contribution in [1.29, 1.82) is 0 Å². The molecular weight excluding hydrogens is 127 g/mol. The summed E-state index contributed by atoms with van der Waals surface area (Å²) in [6, 6.07) is 0. The average molecular weight is 144 g/mol. The monoisotopic (exact) mass is 144 g/mol. The van der Waals surface area contributed by atoms with Crippen LogP contribution in [-0.4, -0.2) is 11.8 Å². The highest BCUT2D eigenvalue weighted by Crippen LogP contribution is 2.35. The van der Waals surface area contributed by atoms with Crippen molar-refractivity contribution in [2.45, 2.75) is 44.7 Å². The molecule has 0 aromatic rings. The molecule has 1 fully saturated rings. The van der Waals surface area contributed by atoms with Crippen LogP contribution >= 0.6 is 8.58 Å². The predicted molar refractivity (Wildman–Crippen MR) is 45.7 cm³/mol. The normalized spacial score (nSPS) is 29.7. The molecule has 54 valence electrons. The van der Waals surface area contributed by atoms with Gasteiger partial charge in [0.1, 0.15) is 0 Å². The highest BCUT2D eigenvalue weighted by molar-refractivity contribution is 7.39. The molecule has 0 nitrogen and oxygen atoms in total. The third-order valence-electron chi connectivity index (χ3n) is 2.07. The van der Waals surface area contributed by atoms with Crippen LogP contribution in [0.4, 0.5) is 0 Å². The molecule has 1 heteroatoms. The van der Waals surface area contributed by atoms with Crippen molar-refractivity contribution in [3.05, 3.63) is 0 Å². The fourth-order valence-corrected chi connectivity index (χ4v) is 3.09. The summed E-state index contributed by atoms with van der Waals surface area (Å²) in [7, 11) is 1.31. The van der Waals surface area contributed by atoms with Crippen LogP contribution in [0, 0.1) is 0 Å². The van der Waals surface area contributed by atoms with E-state index in [0.717, 1.165) is 5.66 Å². The van der Waals surface area contributed by atoms with E-state index in [4.69, 9.17) is 0 Å². The fourth-order valence-electron chi connectivity index (χ4n) is 1.45. The topological polar surface area (TPSA) is 0 Å². The first-order chi connectivity index (χ1) is 4.43. The summed E-state index contributed by atoms with van der Waals surface area (Å²) in [5.74, 6) is 0. The molecule has 0 aliphatic carbocycles. The minimum absolute atomic E-state index is 1.14. The lowest BCUT2D eigenvalue weighted by Crippen LogP contribution is -1.92. The largest absolute Gasteiger partial charge is 0.119 e. The van der Waals surface area contributed by atoms with Crippen LogP contribution in [0.5, 0.6) is 0 Å². The van der Waals surface area contributed by atoms with Crippen LogP contribution in [0.2, 0.25) is 0 Å². The van der Waals surface area contributed by atoms with Gasteiger partial charge >= 0.3 is 0 Å².